The fourth-order valence-electron chi connectivity index (χ4n) is 3.19. The summed E-state index contributed by atoms with van der Waals surface area (Å²) >= 11 is 5.25. The molecule has 0 aliphatic carbocycles. The molecule has 2 aliphatic rings. The number of hydrogen-bond donors (Lipinski definition) is 1. The Bertz CT molecular complexity index is 768. The first-order valence-corrected chi connectivity index (χ1v) is 9.21. The molecule has 6 heteroatoms. The van der Waals surface area contributed by atoms with Gasteiger partial charge in [-0.05, 0) is 45.8 Å². The van der Waals surface area contributed by atoms with Crippen LogP contribution in [0.25, 0.3) is 0 Å². The molecule has 1 fully saturated rings. The number of aromatic nitrogens is 1. The highest BCUT2D eigenvalue weighted by molar-refractivity contribution is 9.10. The van der Waals surface area contributed by atoms with Gasteiger partial charge >= 0.3 is 0 Å². The van der Waals surface area contributed by atoms with Gasteiger partial charge in [0.05, 0.1) is 16.2 Å². The smallest absolute Gasteiger partial charge is 0.160 e. The van der Waals surface area contributed by atoms with Crippen molar-refractivity contribution in [1.29, 1.82) is 0 Å². The minimum Gasteiger partial charge on any atom is -0.507 e. The lowest BCUT2D eigenvalue weighted by molar-refractivity contribution is 0.321. The maximum absolute atomic E-state index is 9.79. The zero-order valence-electron chi connectivity index (χ0n) is 12.6. The summed E-state index contributed by atoms with van der Waals surface area (Å²) < 4.78 is 0.711. The van der Waals surface area contributed by atoms with Crippen molar-refractivity contribution in [2.24, 2.45) is 4.99 Å². The molecule has 23 heavy (non-hydrogen) atoms. The maximum atomic E-state index is 9.79. The van der Waals surface area contributed by atoms with Crippen LogP contribution in [0.2, 0.25) is 0 Å². The standard InChI is InChI=1S/C17H16BrN3OS/c1-10-9-21-16(11-5-6-14(22)12(18)8-11)15(20-17(21)23-10)13-4-2-3-7-19-13/h2-8,10,15-16,22H,9H2,1H3/t10-,15-,16-/m1/s1. The number of fused-ring (bicyclic) bond motifs is 1. The summed E-state index contributed by atoms with van der Waals surface area (Å²) in [5.41, 5.74) is 2.12. The summed E-state index contributed by atoms with van der Waals surface area (Å²) in [5.74, 6) is 0.256. The summed E-state index contributed by atoms with van der Waals surface area (Å²) in [7, 11) is 0. The first-order valence-electron chi connectivity index (χ1n) is 7.54. The molecule has 0 unspecified atom stereocenters. The summed E-state index contributed by atoms with van der Waals surface area (Å²) in [6.07, 6.45) is 1.82. The number of hydrogen-bond acceptors (Lipinski definition) is 5. The SMILES string of the molecule is C[C@@H]1CN2C(=N[C@H](c3ccccn3)[C@H]2c2ccc(O)c(Br)c2)S1. The Kier molecular flexibility index (Phi) is 3.81. The summed E-state index contributed by atoms with van der Waals surface area (Å²) in [6, 6.07) is 11.8. The molecule has 1 saturated heterocycles. The minimum atomic E-state index is -0.0114. The quantitative estimate of drug-likeness (QED) is 0.838. The zero-order chi connectivity index (χ0) is 16.0. The van der Waals surface area contributed by atoms with E-state index in [1.54, 1.807) is 6.07 Å². The topological polar surface area (TPSA) is 48.7 Å². The van der Waals surface area contributed by atoms with Crippen LogP contribution in [-0.4, -0.2) is 32.0 Å². The number of benzene rings is 1. The molecule has 0 bridgehead atoms. The van der Waals surface area contributed by atoms with Crippen molar-refractivity contribution in [3.63, 3.8) is 0 Å². The second-order valence-corrected chi connectivity index (χ2v) is 8.11. The Labute approximate surface area is 147 Å². The largest absolute Gasteiger partial charge is 0.507 e. The fourth-order valence-corrected chi connectivity index (χ4v) is 4.67. The number of halogens is 1. The van der Waals surface area contributed by atoms with Gasteiger partial charge in [0.25, 0.3) is 0 Å². The first-order chi connectivity index (χ1) is 11.1. The Morgan fingerprint density at radius 1 is 1.30 bits per heavy atom. The fraction of sp³-hybridized carbons (Fsp3) is 0.294. The monoisotopic (exact) mass is 389 g/mol. The highest BCUT2D eigenvalue weighted by Crippen LogP contribution is 2.48. The summed E-state index contributed by atoms with van der Waals surface area (Å²) in [4.78, 5) is 11.8. The number of phenols is 1. The van der Waals surface area contributed by atoms with Crippen molar-refractivity contribution >= 4 is 32.9 Å². The molecule has 3 heterocycles. The average molecular weight is 390 g/mol. The van der Waals surface area contributed by atoms with Gasteiger partial charge < -0.3 is 10.0 Å². The van der Waals surface area contributed by atoms with Crippen LogP contribution in [0.5, 0.6) is 5.75 Å². The van der Waals surface area contributed by atoms with Gasteiger partial charge in [-0.2, -0.15) is 0 Å². The Morgan fingerprint density at radius 2 is 2.17 bits per heavy atom. The number of amidine groups is 1. The van der Waals surface area contributed by atoms with Crippen LogP contribution in [0.15, 0.2) is 52.1 Å². The molecule has 1 aromatic heterocycles. The summed E-state index contributed by atoms with van der Waals surface area (Å²) in [5, 5.41) is 11.4. The molecule has 0 radical (unpaired) electrons. The van der Waals surface area contributed by atoms with Crippen LogP contribution in [0.3, 0.4) is 0 Å². The van der Waals surface area contributed by atoms with Gasteiger partial charge in [-0.25, -0.2) is 0 Å². The third-order valence-electron chi connectivity index (χ3n) is 4.19. The highest BCUT2D eigenvalue weighted by Gasteiger charge is 2.43. The Balaban J connectivity index is 1.79. The van der Waals surface area contributed by atoms with Crippen LogP contribution in [-0.2, 0) is 0 Å². The van der Waals surface area contributed by atoms with E-state index in [2.05, 4.69) is 32.7 Å². The lowest BCUT2D eigenvalue weighted by atomic mass is 9.96. The number of thioether (sulfide) groups is 1. The Hall–Kier alpha value is -1.53. The number of aliphatic imine (C=N–C) groups is 1. The van der Waals surface area contributed by atoms with E-state index < -0.39 is 0 Å². The Morgan fingerprint density at radius 3 is 2.91 bits per heavy atom. The average Bonchev–Trinajstić information content (AvgIpc) is 3.07. The van der Waals surface area contributed by atoms with E-state index in [1.165, 1.54) is 0 Å². The minimum absolute atomic E-state index is 0.0114. The van der Waals surface area contributed by atoms with E-state index in [1.807, 2.05) is 48.3 Å². The molecule has 0 amide bonds. The van der Waals surface area contributed by atoms with E-state index in [-0.39, 0.29) is 17.8 Å². The lowest BCUT2D eigenvalue weighted by Crippen LogP contribution is -2.28. The predicted octanol–water partition coefficient (Wildman–Crippen LogP) is 4.14. The number of nitrogens with zero attached hydrogens (tertiary/aromatic N) is 3. The molecule has 118 valence electrons. The molecule has 2 aromatic rings. The van der Waals surface area contributed by atoms with Crippen LogP contribution < -0.4 is 0 Å². The second-order valence-electron chi connectivity index (χ2n) is 5.85. The number of rotatable bonds is 2. The first kappa shape index (κ1) is 15.0. The van der Waals surface area contributed by atoms with Gasteiger partial charge in [0.15, 0.2) is 5.17 Å². The molecule has 4 rings (SSSR count). The maximum Gasteiger partial charge on any atom is 0.160 e. The molecule has 0 saturated carbocycles. The zero-order valence-corrected chi connectivity index (χ0v) is 15.0. The molecule has 2 aliphatic heterocycles. The van der Waals surface area contributed by atoms with Crippen LogP contribution in [0, 0.1) is 0 Å². The van der Waals surface area contributed by atoms with E-state index >= 15 is 0 Å². The van der Waals surface area contributed by atoms with Crippen molar-refractivity contribution in [3.05, 3.63) is 58.3 Å². The van der Waals surface area contributed by atoms with Gasteiger partial charge in [-0.15, -0.1) is 0 Å². The molecule has 0 spiro atoms. The van der Waals surface area contributed by atoms with Gasteiger partial charge in [-0.1, -0.05) is 30.8 Å². The van der Waals surface area contributed by atoms with E-state index in [0.717, 1.165) is 23.0 Å². The van der Waals surface area contributed by atoms with Crippen molar-refractivity contribution < 1.29 is 5.11 Å². The van der Waals surface area contributed by atoms with Crippen LogP contribution >= 0.6 is 27.7 Å². The number of phenolic OH excluding ortho intramolecular Hbond substituents is 1. The number of aromatic hydroxyl groups is 1. The van der Waals surface area contributed by atoms with Crippen LogP contribution in [0.4, 0.5) is 0 Å². The van der Waals surface area contributed by atoms with Crippen LogP contribution in [0.1, 0.15) is 30.3 Å². The van der Waals surface area contributed by atoms with Crippen molar-refractivity contribution in [2.75, 3.05) is 6.54 Å². The highest BCUT2D eigenvalue weighted by atomic mass is 79.9. The normalized spacial score (nSPS) is 26.3. The van der Waals surface area contributed by atoms with Crippen molar-refractivity contribution in [1.82, 2.24) is 9.88 Å². The second kappa shape index (κ2) is 5.83. The molecule has 1 N–H and O–H groups in total. The third kappa shape index (κ3) is 2.64. The molecule has 4 nitrogen and oxygen atoms in total. The predicted molar refractivity (Wildman–Crippen MR) is 96.7 cm³/mol. The van der Waals surface area contributed by atoms with E-state index in [4.69, 9.17) is 4.99 Å². The van der Waals surface area contributed by atoms with Gasteiger partial charge in [0.1, 0.15) is 11.8 Å². The van der Waals surface area contributed by atoms with E-state index in [0.29, 0.717) is 9.72 Å². The molecule has 3 atom stereocenters. The van der Waals surface area contributed by atoms with Gasteiger partial charge in [-0.3, -0.25) is 9.98 Å². The summed E-state index contributed by atoms with van der Waals surface area (Å²) in [6.45, 7) is 3.21. The van der Waals surface area contributed by atoms with Gasteiger partial charge in [0.2, 0.25) is 0 Å². The van der Waals surface area contributed by atoms with Gasteiger partial charge in [0, 0.05) is 18.0 Å². The third-order valence-corrected chi connectivity index (χ3v) is 5.93. The number of pyridine rings is 1. The van der Waals surface area contributed by atoms with E-state index in [9.17, 15) is 5.11 Å². The lowest BCUT2D eigenvalue weighted by Gasteiger charge is -2.27. The molecular weight excluding hydrogens is 374 g/mol. The molecule has 1 aromatic carbocycles. The molecular formula is C17H16BrN3OS. The van der Waals surface area contributed by atoms with Crippen molar-refractivity contribution in [2.45, 2.75) is 24.3 Å². The van der Waals surface area contributed by atoms with Crippen molar-refractivity contribution in [3.8, 4) is 5.75 Å².